The van der Waals surface area contributed by atoms with E-state index in [-0.39, 0.29) is 15.6 Å². The van der Waals surface area contributed by atoms with Gasteiger partial charge in [-0.2, -0.15) is 0 Å². The first-order valence-corrected chi connectivity index (χ1v) is 6.73. The number of anilines is 1. The summed E-state index contributed by atoms with van der Waals surface area (Å²) in [7, 11) is 0. The van der Waals surface area contributed by atoms with Crippen molar-refractivity contribution in [3.8, 4) is 0 Å². The fraction of sp³-hybridized carbons (Fsp3) is 0. The number of nitrogens with two attached hydrogens (primary N) is 1. The van der Waals surface area contributed by atoms with Crippen molar-refractivity contribution in [1.29, 1.82) is 0 Å². The van der Waals surface area contributed by atoms with Gasteiger partial charge < -0.3 is 5.73 Å². The third kappa shape index (κ3) is 2.84. The molecule has 0 radical (unpaired) electrons. The van der Waals surface area contributed by atoms with Gasteiger partial charge in [0.25, 0.3) is 0 Å². The van der Waals surface area contributed by atoms with Crippen LogP contribution in [0.1, 0.15) is 15.9 Å². The van der Waals surface area contributed by atoms with Crippen molar-refractivity contribution < 1.29 is 13.6 Å². The Hall–Kier alpha value is -1.27. The van der Waals surface area contributed by atoms with Gasteiger partial charge in [-0.05, 0) is 62.2 Å². The molecule has 2 nitrogen and oxygen atoms in total. The number of hydrogen-bond donors (Lipinski definition) is 1. The smallest absolute Gasteiger partial charge is 0.196 e. The summed E-state index contributed by atoms with van der Waals surface area (Å²) in [6.45, 7) is 0. The highest BCUT2D eigenvalue weighted by Crippen LogP contribution is 2.25. The van der Waals surface area contributed by atoms with Crippen LogP contribution in [0.4, 0.5) is 14.5 Å². The highest BCUT2D eigenvalue weighted by Gasteiger charge is 2.17. The van der Waals surface area contributed by atoms with E-state index in [4.69, 9.17) is 5.73 Å². The van der Waals surface area contributed by atoms with Crippen molar-refractivity contribution in [2.75, 3.05) is 5.73 Å². The Morgan fingerprint density at radius 2 is 1.68 bits per heavy atom. The predicted molar refractivity (Wildman–Crippen MR) is 76.0 cm³/mol. The monoisotopic (exact) mass is 389 g/mol. The van der Waals surface area contributed by atoms with Crippen molar-refractivity contribution in [3.63, 3.8) is 0 Å². The summed E-state index contributed by atoms with van der Waals surface area (Å²) in [5, 5.41) is 0. The molecule has 0 bridgehead atoms. The SMILES string of the molecule is Nc1cc(C(=O)c2cc(F)c(Br)cc2F)ccc1Br. The van der Waals surface area contributed by atoms with Crippen LogP contribution in [0, 0.1) is 11.6 Å². The Balaban J connectivity index is 2.49. The highest BCUT2D eigenvalue weighted by molar-refractivity contribution is 9.10. The van der Waals surface area contributed by atoms with Gasteiger partial charge in [-0.25, -0.2) is 8.78 Å². The first-order valence-electron chi connectivity index (χ1n) is 5.14. The van der Waals surface area contributed by atoms with Crippen molar-refractivity contribution in [1.82, 2.24) is 0 Å². The third-order valence-corrected chi connectivity index (χ3v) is 3.84. The van der Waals surface area contributed by atoms with Crippen LogP contribution < -0.4 is 5.73 Å². The van der Waals surface area contributed by atoms with Crippen LogP contribution >= 0.6 is 31.9 Å². The largest absolute Gasteiger partial charge is 0.398 e. The number of carbonyl (C=O) groups is 1. The molecule has 2 N–H and O–H groups in total. The number of hydrogen-bond acceptors (Lipinski definition) is 2. The van der Waals surface area contributed by atoms with E-state index in [1.54, 1.807) is 6.07 Å². The second-order valence-corrected chi connectivity index (χ2v) is 5.52. The first-order chi connectivity index (χ1) is 8.90. The average molecular weight is 391 g/mol. The van der Waals surface area contributed by atoms with E-state index in [0.29, 0.717) is 10.2 Å². The molecule has 0 aliphatic heterocycles. The maximum absolute atomic E-state index is 13.7. The first kappa shape index (κ1) is 14.1. The Morgan fingerprint density at radius 3 is 2.32 bits per heavy atom. The van der Waals surface area contributed by atoms with Gasteiger partial charge in [0.1, 0.15) is 11.6 Å². The molecule has 0 aliphatic carbocycles. The van der Waals surface area contributed by atoms with Crippen LogP contribution in [0.2, 0.25) is 0 Å². The number of rotatable bonds is 2. The standard InChI is InChI=1S/C13H7Br2F2NO/c14-8-2-1-6(3-12(8)18)13(19)7-4-11(17)9(15)5-10(7)16/h1-5H,18H2. The number of nitrogen functional groups attached to an aromatic ring is 1. The molecule has 0 saturated heterocycles. The molecule has 0 aromatic heterocycles. The second kappa shape index (κ2) is 5.38. The van der Waals surface area contributed by atoms with Gasteiger partial charge in [-0.15, -0.1) is 0 Å². The minimum atomic E-state index is -0.792. The highest BCUT2D eigenvalue weighted by atomic mass is 79.9. The molecule has 0 fully saturated rings. The summed E-state index contributed by atoms with van der Waals surface area (Å²) in [6, 6.07) is 6.26. The van der Waals surface area contributed by atoms with Gasteiger partial charge in [0.2, 0.25) is 0 Å². The maximum Gasteiger partial charge on any atom is 0.196 e. The van der Waals surface area contributed by atoms with E-state index in [0.717, 1.165) is 12.1 Å². The van der Waals surface area contributed by atoms with Gasteiger partial charge in [0.15, 0.2) is 5.78 Å². The van der Waals surface area contributed by atoms with E-state index in [2.05, 4.69) is 31.9 Å². The molecule has 2 aromatic rings. The molecule has 0 saturated carbocycles. The lowest BCUT2D eigenvalue weighted by atomic mass is 10.0. The molecule has 6 heteroatoms. The minimum Gasteiger partial charge on any atom is -0.398 e. The molecule has 0 unspecified atom stereocenters. The molecule has 98 valence electrons. The van der Waals surface area contributed by atoms with Gasteiger partial charge in [-0.1, -0.05) is 0 Å². The fourth-order valence-corrected chi connectivity index (χ4v) is 2.10. The molecular weight excluding hydrogens is 384 g/mol. The number of ketones is 1. The molecule has 0 heterocycles. The van der Waals surface area contributed by atoms with E-state index < -0.39 is 17.4 Å². The molecular formula is C13H7Br2F2NO. The topological polar surface area (TPSA) is 43.1 Å². The van der Waals surface area contributed by atoms with Crippen LogP contribution in [-0.2, 0) is 0 Å². The molecule has 2 aromatic carbocycles. The zero-order chi connectivity index (χ0) is 14.2. The Bertz CT molecular complexity index is 674. The number of carbonyl (C=O) groups excluding carboxylic acids is 1. The summed E-state index contributed by atoms with van der Waals surface area (Å²) in [4.78, 5) is 12.1. The Labute approximate surface area is 124 Å². The maximum atomic E-state index is 13.7. The van der Waals surface area contributed by atoms with E-state index >= 15 is 0 Å². The van der Waals surface area contributed by atoms with Gasteiger partial charge >= 0.3 is 0 Å². The van der Waals surface area contributed by atoms with Crippen molar-refractivity contribution in [2.45, 2.75) is 0 Å². The molecule has 0 aliphatic rings. The summed E-state index contributed by atoms with van der Waals surface area (Å²) >= 11 is 6.05. The lowest BCUT2D eigenvalue weighted by Gasteiger charge is -2.06. The van der Waals surface area contributed by atoms with E-state index in [1.807, 2.05) is 0 Å². The summed E-state index contributed by atoms with van der Waals surface area (Å²) in [5.41, 5.74) is 5.87. The number of benzene rings is 2. The zero-order valence-electron chi connectivity index (χ0n) is 9.38. The minimum absolute atomic E-state index is 0.0307. The van der Waals surface area contributed by atoms with Gasteiger partial charge in [0.05, 0.1) is 10.0 Å². The zero-order valence-corrected chi connectivity index (χ0v) is 12.6. The van der Waals surface area contributed by atoms with Crippen molar-refractivity contribution in [3.05, 3.63) is 62.0 Å². The van der Waals surface area contributed by atoms with Crippen molar-refractivity contribution in [2.24, 2.45) is 0 Å². The fourth-order valence-electron chi connectivity index (χ4n) is 1.54. The lowest BCUT2D eigenvalue weighted by Crippen LogP contribution is -2.06. The molecule has 0 amide bonds. The lowest BCUT2D eigenvalue weighted by molar-refractivity contribution is 0.103. The second-order valence-electron chi connectivity index (χ2n) is 3.81. The molecule has 2 rings (SSSR count). The summed E-state index contributed by atoms with van der Waals surface area (Å²) in [5.74, 6) is -2.11. The molecule has 0 spiro atoms. The normalized spacial score (nSPS) is 10.5. The van der Waals surface area contributed by atoms with Crippen molar-refractivity contribution >= 4 is 43.3 Å². The van der Waals surface area contributed by atoms with E-state index in [9.17, 15) is 13.6 Å². The average Bonchev–Trinajstić information content (AvgIpc) is 2.36. The Morgan fingerprint density at radius 1 is 1.00 bits per heavy atom. The predicted octanol–water partition coefficient (Wildman–Crippen LogP) is 4.30. The van der Waals surface area contributed by atoms with Crippen LogP contribution in [0.3, 0.4) is 0 Å². The summed E-state index contributed by atoms with van der Waals surface area (Å²) in [6.07, 6.45) is 0. The molecule has 19 heavy (non-hydrogen) atoms. The van der Waals surface area contributed by atoms with Gasteiger partial charge in [-0.3, -0.25) is 4.79 Å². The molecule has 0 atom stereocenters. The van der Waals surface area contributed by atoms with Crippen LogP contribution in [-0.4, -0.2) is 5.78 Å². The van der Waals surface area contributed by atoms with Gasteiger partial charge in [0, 0.05) is 15.7 Å². The summed E-state index contributed by atoms with van der Waals surface area (Å²) < 4.78 is 27.7. The quantitative estimate of drug-likeness (QED) is 0.472. The van der Waals surface area contributed by atoms with Crippen LogP contribution in [0.15, 0.2) is 39.3 Å². The van der Waals surface area contributed by atoms with Crippen LogP contribution in [0.25, 0.3) is 0 Å². The van der Waals surface area contributed by atoms with E-state index in [1.165, 1.54) is 12.1 Å². The number of halogens is 4. The Kier molecular flexibility index (Phi) is 4.01. The third-order valence-electron chi connectivity index (χ3n) is 2.51. The van der Waals surface area contributed by atoms with Crippen LogP contribution in [0.5, 0.6) is 0 Å².